The van der Waals surface area contributed by atoms with Gasteiger partial charge in [-0.1, -0.05) is 45.1 Å². The van der Waals surface area contributed by atoms with E-state index < -0.39 is 12.1 Å². The zero-order valence-electron chi connectivity index (χ0n) is 13.8. The van der Waals surface area contributed by atoms with Gasteiger partial charge in [0.2, 0.25) is 0 Å². The van der Waals surface area contributed by atoms with Gasteiger partial charge in [-0.25, -0.2) is 4.98 Å². The van der Waals surface area contributed by atoms with Gasteiger partial charge >= 0.3 is 0 Å². The van der Waals surface area contributed by atoms with Crippen LogP contribution in [0.3, 0.4) is 0 Å². The maximum absolute atomic E-state index is 9.57. The maximum Gasteiger partial charge on any atom is 0.126 e. The van der Waals surface area contributed by atoms with E-state index in [1.807, 2.05) is 6.07 Å². The molecule has 2 aromatic rings. The van der Waals surface area contributed by atoms with E-state index in [0.717, 1.165) is 17.5 Å². The molecule has 0 aliphatic heterocycles. The third-order valence-corrected chi connectivity index (χ3v) is 4.22. The fraction of sp³-hybridized carbons (Fsp3) is 0.611. The lowest BCUT2D eigenvalue weighted by atomic mass is 10.0. The Balaban J connectivity index is 1.92. The highest BCUT2D eigenvalue weighted by molar-refractivity contribution is 5.76. The van der Waals surface area contributed by atoms with Crippen molar-refractivity contribution in [2.24, 2.45) is 5.73 Å². The van der Waals surface area contributed by atoms with Crippen molar-refractivity contribution >= 4 is 11.0 Å². The molecule has 0 amide bonds. The molecule has 0 spiro atoms. The third kappa shape index (κ3) is 4.55. The van der Waals surface area contributed by atoms with Gasteiger partial charge in [-0.15, -0.1) is 0 Å². The van der Waals surface area contributed by atoms with Gasteiger partial charge in [0.1, 0.15) is 5.82 Å². The fourth-order valence-electron chi connectivity index (χ4n) is 2.73. The van der Waals surface area contributed by atoms with E-state index in [1.54, 1.807) is 6.92 Å². The Morgan fingerprint density at radius 2 is 1.91 bits per heavy atom. The summed E-state index contributed by atoms with van der Waals surface area (Å²) in [6, 6.07) is 5.88. The van der Waals surface area contributed by atoms with Crippen LogP contribution in [0.4, 0.5) is 0 Å². The first-order chi connectivity index (χ1) is 10.6. The Labute approximate surface area is 133 Å². The summed E-state index contributed by atoms with van der Waals surface area (Å²) < 4.78 is 0. The van der Waals surface area contributed by atoms with Crippen molar-refractivity contribution in [3.63, 3.8) is 0 Å². The number of H-pyrrole nitrogens is 1. The second kappa shape index (κ2) is 8.30. The number of nitrogens with one attached hydrogen (secondary N) is 1. The van der Waals surface area contributed by atoms with Gasteiger partial charge in [0, 0.05) is 0 Å². The first-order valence-electron chi connectivity index (χ1n) is 8.54. The number of aryl methyl sites for hydroxylation is 1. The smallest absolute Gasteiger partial charge is 0.126 e. The summed E-state index contributed by atoms with van der Waals surface area (Å²) in [7, 11) is 0. The SMILES string of the molecule is CCCCCCCCc1ccc2nc([C@@H](N)[C@@H](C)O)[nH]c2c1. The first kappa shape index (κ1) is 17.0. The topological polar surface area (TPSA) is 74.9 Å². The van der Waals surface area contributed by atoms with Gasteiger partial charge in [-0.3, -0.25) is 0 Å². The average molecular weight is 303 g/mol. The quantitative estimate of drug-likeness (QED) is 0.616. The zero-order valence-corrected chi connectivity index (χ0v) is 13.8. The van der Waals surface area contributed by atoms with Crippen molar-refractivity contribution in [1.82, 2.24) is 9.97 Å². The van der Waals surface area contributed by atoms with E-state index in [0.29, 0.717) is 5.82 Å². The number of aliphatic hydroxyl groups is 1. The van der Waals surface area contributed by atoms with Crippen LogP contribution in [0.25, 0.3) is 11.0 Å². The lowest BCUT2D eigenvalue weighted by Crippen LogP contribution is -2.24. The van der Waals surface area contributed by atoms with E-state index in [2.05, 4.69) is 29.0 Å². The van der Waals surface area contributed by atoms with Crippen molar-refractivity contribution in [2.75, 3.05) is 0 Å². The molecule has 0 saturated heterocycles. The number of hydrogen-bond donors (Lipinski definition) is 3. The minimum atomic E-state index is -0.608. The molecule has 0 fully saturated rings. The van der Waals surface area contributed by atoms with Gasteiger partial charge in [0.15, 0.2) is 0 Å². The molecule has 0 bridgehead atoms. The first-order valence-corrected chi connectivity index (χ1v) is 8.54. The third-order valence-electron chi connectivity index (χ3n) is 4.22. The highest BCUT2D eigenvalue weighted by Gasteiger charge is 2.16. The van der Waals surface area contributed by atoms with Crippen molar-refractivity contribution in [1.29, 1.82) is 0 Å². The van der Waals surface area contributed by atoms with Crippen LogP contribution in [-0.2, 0) is 6.42 Å². The standard InChI is InChI=1S/C18H29N3O/c1-3-4-5-6-7-8-9-14-10-11-15-16(12-14)21-18(20-15)17(19)13(2)22/h10-13,17,22H,3-9,19H2,1-2H3,(H,20,21)/t13-,17+/m1/s1. The van der Waals surface area contributed by atoms with Gasteiger partial charge in [0.05, 0.1) is 23.2 Å². The van der Waals surface area contributed by atoms with Crippen molar-refractivity contribution in [3.8, 4) is 0 Å². The molecule has 4 N–H and O–H groups in total. The summed E-state index contributed by atoms with van der Waals surface area (Å²) in [4.78, 5) is 7.70. The van der Waals surface area contributed by atoms with E-state index in [9.17, 15) is 5.11 Å². The largest absolute Gasteiger partial charge is 0.391 e. The monoisotopic (exact) mass is 303 g/mol. The van der Waals surface area contributed by atoms with Crippen molar-refractivity contribution in [3.05, 3.63) is 29.6 Å². The molecule has 0 aliphatic carbocycles. The molecule has 2 atom stereocenters. The normalized spacial score (nSPS) is 14.4. The molecule has 4 nitrogen and oxygen atoms in total. The summed E-state index contributed by atoms with van der Waals surface area (Å²) in [6.45, 7) is 3.93. The molecule has 0 radical (unpaired) electrons. The number of aromatic amines is 1. The molecule has 0 unspecified atom stereocenters. The molecule has 4 heteroatoms. The Morgan fingerprint density at radius 1 is 1.18 bits per heavy atom. The number of benzene rings is 1. The second-order valence-electron chi connectivity index (χ2n) is 6.26. The number of rotatable bonds is 9. The van der Waals surface area contributed by atoms with Crippen LogP contribution in [0, 0.1) is 0 Å². The molecule has 0 aliphatic rings. The molecule has 0 saturated carbocycles. The molecular weight excluding hydrogens is 274 g/mol. The molecule has 122 valence electrons. The van der Waals surface area contributed by atoms with Crippen molar-refractivity contribution in [2.45, 2.75) is 70.9 Å². The van der Waals surface area contributed by atoms with Crippen LogP contribution in [-0.4, -0.2) is 21.2 Å². The van der Waals surface area contributed by atoms with Crippen molar-refractivity contribution < 1.29 is 5.11 Å². The lowest BCUT2D eigenvalue weighted by molar-refractivity contribution is 0.161. The highest BCUT2D eigenvalue weighted by atomic mass is 16.3. The predicted molar refractivity (Wildman–Crippen MR) is 91.8 cm³/mol. The van der Waals surface area contributed by atoms with Crippen LogP contribution in [0.5, 0.6) is 0 Å². The fourth-order valence-corrected chi connectivity index (χ4v) is 2.73. The number of aliphatic hydroxyl groups excluding tert-OH is 1. The summed E-state index contributed by atoms with van der Waals surface area (Å²) in [6.07, 6.45) is 8.40. The summed E-state index contributed by atoms with van der Waals surface area (Å²) in [5.41, 5.74) is 9.19. The maximum atomic E-state index is 9.57. The minimum absolute atomic E-state index is 0.464. The Bertz CT molecular complexity index is 577. The predicted octanol–water partition coefficient (Wildman–Crippen LogP) is 3.85. The van der Waals surface area contributed by atoms with Gasteiger partial charge in [-0.2, -0.15) is 0 Å². The number of imidazole rings is 1. The number of hydrogen-bond acceptors (Lipinski definition) is 3. The van der Waals surface area contributed by atoms with Crippen LogP contribution in [0.1, 0.15) is 69.8 Å². The number of nitrogens with zero attached hydrogens (tertiary/aromatic N) is 1. The van der Waals surface area contributed by atoms with Gasteiger partial charge < -0.3 is 15.8 Å². The molecule has 1 heterocycles. The lowest BCUT2D eigenvalue weighted by Gasteiger charge is -2.10. The van der Waals surface area contributed by atoms with Crippen LogP contribution < -0.4 is 5.73 Å². The Kier molecular flexibility index (Phi) is 6.40. The molecule has 1 aromatic heterocycles. The summed E-state index contributed by atoms with van der Waals surface area (Å²) >= 11 is 0. The number of fused-ring (bicyclic) bond motifs is 1. The molecule has 1 aromatic carbocycles. The van der Waals surface area contributed by atoms with Gasteiger partial charge in [0.25, 0.3) is 0 Å². The van der Waals surface area contributed by atoms with Gasteiger partial charge in [-0.05, 0) is 37.5 Å². The van der Waals surface area contributed by atoms with E-state index in [-0.39, 0.29) is 0 Å². The number of aromatic nitrogens is 2. The summed E-state index contributed by atoms with van der Waals surface area (Å²) in [5.74, 6) is 0.654. The second-order valence-corrected chi connectivity index (χ2v) is 6.26. The Morgan fingerprint density at radius 3 is 2.64 bits per heavy atom. The highest BCUT2D eigenvalue weighted by Crippen LogP contribution is 2.19. The summed E-state index contributed by atoms with van der Waals surface area (Å²) in [5, 5.41) is 9.57. The van der Waals surface area contributed by atoms with E-state index in [1.165, 1.54) is 44.1 Å². The Hall–Kier alpha value is -1.39. The zero-order chi connectivity index (χ0) is 15.9. The van der Waals surface area contributed by atoms with E-state index in [4.69, 9.17) is 5.73 Å². The van der Waals surface area contributed by atoms with Crippen LogP contribution >= 0.6 is 0 Å². The van der Waals surface area contributed by atoms with Crippen LogP contribution in [0.2, 0.25) is 0 Å². The average Bonchev–Trinajstić information content (AvgIpc) is 2.92. The molecular formula is C18H29N3O. The van der Waals surface area contributed by atoms with Crippen LogP contribution in [0.15, 0.2) is 18.2 Å². The minimum Gasteiger partial charge on any atom is -0.391 e. The molecule has 22 heavy (non-hydrogen) atoms. The molecule has 2 rings (SSSR count). The number of nitrogens with two attached hydrogens (primary N) is 1. The number of unbranched alkanes of at least 4 members (excludes halogenated alkanes) is 5. The van der Waals surface area contributed by atoms with E-state index >= 15 is 0 Å².